The Kier molecular flexibility index (Phi) is 4.34. The van der Waals surface area contributed by atoms with Crippen molar-refractivity contribution in [3.8, 4) is 0 Å². The van der Waals surface area contributed by atoms with Gasteiger partial charge in [-0.15, -0.1) is 0 Å². The summed E-state index contributed by atoms with van der Waals surface area (Å²) in [6.45, 7) is 0.414. The highest BCUT2D eigenvalue weighted by molar-refractivity contribution is 6.06. The summed E-state index contributed by atoms with van der Waals surface area (Å²) < 4.78 is 5.73. The zero-order chi connectivity index (χ0) is 16.4. The molecule has 2 N–H and O–H groups in total. The zero-order valence-corrected chi connectivity index (χ0v) is 13.3. The normalized spacial score (nSPS) is 20.6. The first kappa shape index (κ1) is 15.6. The number of amides is 2. The molecule has 0 bridgehead atoms. The number of aromatic nitrogens is 1. The van der Waals surface area contributed by atoms with E-state index >= 15 is 0 Å². The van der Waals surface area contributed by atoms with Crippen molar-refractivity contribution in [2.75, 3.05) is 20.6 Å². The Morgan fingerprint density at radius 1 is 1.30 bits per heavy atom. The first-order valence-electron chi connectivity index (χ1n) is 7.77. The van der Waals surface area contributed by atoms with E-state index in [1.165, 1.54) is 4.90 Å². The Bertz CT molecular complexity index is 723. The molecule has 1 aromatic heterocycles. The summed E-state index contributed by atoms with van der Waals surface area (Å²) in [7, 11) is 3.44. The van der Waals surface area contributed by atoms with Crippen molar-refractivity contribution in [1.29, 1.82) is 0 Å². The number of likely N-dealkylation sites (N-methyl/N-ethyl adjacent to an activating group) is 1. The van der Waals surface area contributed by atoms with Crippen LogP contribution in [-0.2, 0) is 9.53 Å². The highest BCUT2D eigenvalue weighted by Gasteiger charge is 2.31. The molecule has 6 nitrogen and oxygen atoms in total. The van der Waals surface area contributed by atoms with Crippen LogP contribution in [-0.4, -0.2) is 54.5 Å². The lowest BCUT2D eigenvalue weighted by molar-refractivity contribution is -0.140. The lowest BCUT2D eigenvalue weighted by Crippen LogP contribution is -2.36. The van der Waals surface area contributed by atoms with E-state index in [0.717, 1.165) is 17.3 Å². The Balaban J connectivity index is 1.58. The molecule has 2 heterocycles. The number of hydrogen-bond donors (Lipinski definition) is 2. The molecule has 0 saturated carbocycles. The van der Waals surface area contributed by atoms with E-state index in [2.05, 4.69) is 10.3 Å². The van der Waals surface area contributed by atoms with Crippen molar-refractivity contribution >= 4 is 22.7 Å². The summed E-state index contributed by atoms with van der Waals surface area (Å²) in [5.74, 6) is -0.142. The number of H-pyrrole nitrogens is 1. The molecule has 6 heteroatoms. The van der Waals surface area contributed by atoms with E-state index in [4.69, 9.17) is 4.74 Å². The SMILES string of the molecule is CN(C)C(=O)[C@@H]1CC[C@@H](CNC(=O)c2cccc3[nH]ccc23)O1. The number of benzene rings is 1. The molecule has 0 radical (unpaired) electrons. The third-order valence-electron chi connectivity index (χ3n) is 4.15. The summed E-state index contributed by atoms with van der Waals surface area (Å²) >= 11 is 0. The average Bonchev–Trinajstić information content (AvgIpc) is 3.20. The van der Waals surface area contributed by atoms with Gasteiger partial charge in [-0.2, -0.15) is 0 Å². The van der Waals surface area contributed by atoms with Crippen molar-refractivity contribution in [2.45, 2.75) is 25.0 Å². The topological polar surface area (TPSA) is 74.4 Å². The maximum absolute atomic E-state index is 12.4. The molecule has 2 amide bonds. The van der Waals surface area contributed by atoms with Crippen molar-refractivity contribution in [1.82, 2.24) is 15.2 Å². The molecule has 122 valence electrons. The first-order valence-corrected chi connectivity index (χ1v) is 7.77. The number of nitrogens with zero attached hydrogens (tertiary/aromatic N) is 1. The number of fused-ring (bicyclic) bond motifs is 1. The van der Waals surface area contributed by atoms with Gasteiger partial charge in [0.1, 0.15) is 6.10 Å². The van der Waals surface area contributed by atoms with Gasteiger partial charge in [-0.1, -0.05) is 6.07 Å². The minimum Gasteiger partial charge on any atom is -0.363 e. The Morgan fingerprint density at radius 3 is 2.91 bits per heavy atom. The van der Waals surface area contributed by atoms with Gasteiger partial charge in [0.05, 0.1) is 6.10 Å². The van der Waals surface area contributed by atoms with E-state index in [1.54, 1.807) is 20.2 Å². The maximum atomic E-state index is 12.4. The van der Waals surface area contributed by atoms with Crippen molar-refractivity contribution in [3.05, 3.63) is 36.0 Å². The van der Waals surface area contributed by atoms with Crippen LogP contribution in [0.4, 0.5) is 0 Å². The van der Waals surface area contributed by atoms with Crippen LogP contribution < -0.4 is 5.32 Å². The van der Waals surface area contributed by atoms with Crippen LogP contribution in [0.2, 0.25) is 0 Å². The molecule has 3 rings (SSSR count). The smallest absolute Gasteiger partial charge is 0.252 e. The highest BCUT2D eigenvalue weighted by Crippen LogP contribution is 2.21. The molecule has 0 aliphatic carbocycles. The quantitative estimate of drug-likeness (QED) is 0.898. The molecular weight excluding hydrogens is 294 g/mol. The van der Waals surface area contributed by atoms with Crippen LogP contribution in [0.5, 0.6) is 0 Å². The van der Waals surface area contributed by atoms with E-state index in [0.29, 0.717) is 18.5 Å². The van der Waals surface area contributed by atoms with Gasteiger partial charge in [0.2, 0.25) is 0 Å². The van der Waals surface area contributed by atoms with Gasteiger partial charge in [-0.25, -0.2) is 0 Å². The van der Waals surface area contributed by atoms with Crippen molar-refractivity contribution in [2.24, 2.45) is 0 Å². The largest absolute Gasteiger partial charge is 0.363 e. The highest BCUT2D eigenvalue weighted by atomic mass is 16.5. The number of nitrogens with one attached hydrogen (secondary N) is 2. The summed E-state index contributed by atoms with van der Waals surface area (Å²) in [5.41, 5.74) is 1.58. The number of rotatable bonds is 4. The predicted molar refractivity (Wildman–Crippen MR) is 87.2 cm³/mol. The number of hydrogen-bond acceptors (Lipinski definition) is 3. The lowest BCUT2D eigenvalue weighted by atomic mass is 10.1. The molecule has 2 atom stereocenters. The molecule has 23 heavy (non-hydrogen) atoms. The molecule has 1 aliphatic rings. The number of carbonyl (C=O) groups is 2. The van der Waals surface area contributed by atoms with Gasteiger partial charge in [0.15, 0.2) is 0 Å². The van der Waals surface area contributed by atoms with Gasteiger partial charge >= 0.3 is 0 Å². The molecule has 2 aromatic rings. The van der Waals surface area contributed by atoms with Gasteiger partial charge in [-0.05, 0) is 31.0 Å². The third kappa shape index (κ3) is 3.22. The predicted octanol–water partition coefficient (Wildman–Crippen LogP) is 1.53. The Morgan fingerprint density at radius 2 is 2.13 bits per heavy atom. The monoisotopic (exact) mass is 315 g/mol. The van der Waals surface area contributed by atoms with E-state index in [1.807, 2.05) is 24.4 Å². The molecule has 1 fully saturated rings. The second kappa shape index (κ2) is 6.42. The summed E-state index contributed by atoms with van der Waals surface area (Å²) in [5, 5.41) is 3.81. The number of carbonyl (C=O) groups excluding carboxylic acids is 2. The fourth-order valence-corrected chi connectivity index (χ4v) is 2.91. The second-order valence-corrected chi connectivity index (χ2v) is 6.01. The Hall–Kier alpha value is -2.34. The number of ether oxygens (including phenoxy) is 1. The van der Waals surface area contributed by atoms with Gasteiger partial charge < -0.3 is 19.9 Å². The Labute approximate surface area is 134 Å². The molecule has 0 spiro atoms. The first-order chi connectivity index (χ1) is 11.1. The van der Waals surface area contributed by atoms with Crippen LogP contribution in [0.3, 0.4) is 0 Å². The molecule has 1 saturated heterocycles. The van der Waals surface area contributed by atoms with Gasteiger partial charge in [0, 0.05) is 43.3 Å². The van der Waals surface area contributed by atoms with Crippen LogP contribution >= 0.6 is 0 Å². The minimum absolute atomic E-state index is 0.0177. The van der Waals surface area contributed by atoms with Crippen LogP contribution in [0.15, 0.2) is 30.5 Å². The molecular formula is C17H21N3O3. The standard InChI is InChI=1S/C17H21N3O3/c1-20(2)17(22)15-7-6-11(23-15)10-19-16(21)13-4-3-5-14-12(13)8-9-18-14/h3-5,8-9,11,15,18H,6-7,10H2,1-2H3,(H,19,21)/t11-,15-/m0/s1. The molecule has 0 unspecified atom stereocenters. The van der Waals surface area contributed by atoms with Crippen LogP contribution in [0, 0.1) is 0 Å². The van der Waals surface area contributed by atoms with E-state index in [9.17, 15) is 9.59 Å². The van der Waals surface area contributed by atoms with Crippen molar-refractivity contribution in [3.63, 3.8) is 0 Å². The fraction of sp³-hybridized carbons (Fsp3) is 0.412. The maximum Gasteiger partial charge on any atom is 0.252 e. The zero-order valence-electron chi connectivity index (χ0n) is 13.3. The van der Waals surface area contributed by atoms with E-state index in [-0.39, 0.29) is 24.0 Å². The third-order valence-corrected chi connectivity index (χ3v) is 4.15. The second-order valence-electron chi connectivity index (χ2n) is 6.01. The van der Waals surface area contributed by atoms with Crippen LogP contribution in [0.25, 0.3) is 10.9 Å². The van der Waals surface area contributed by atoms with Gasteiger partial charge in [0.25, 0.3) is 11.8 Å². The van der Waals surface area contributed by atoms with Crippen LogP contribution in [0.1, 0.15) is 23.2 Å². The molecule has 1 aliphatic heterocycles. The number of aromatic amines is 1. The summed E-state index contributed by atoms with van der Waals surface area (Å²) in [4.78, 5) is 28.9. The summed E-state index contributed by atoms with van der Waals surface area (Å²) in [6, 6.07) is 7.48. The summed E-state index contributed by atoms with van der Waals surface area (Å²) in [6.07, 6.45) is 2.79. The van der Waals surface area contributed by atoms with Crippen molar-refractivity contribution < 1.29 is 14.3 Å². The minimum atomic E-state index is -0.389. The average molecular weight is 315 g/mol. The van der Waals surface area contributed by atoms with E-state index < -0.39 is 0 Å². The lowest BCUT2D eigenvalue weighted by Gasteiger charge is -2.17. The fourth-order valence-electron chi connectivity index (χ4n) is 2.91. The molecule has 1 aromatic carbocycles. The van der Waals surface area contributed by atoms with Gasteiger partial charge in [-0.3, -0.25) is 9.59 Å².